The molecule has 0 amide bonds. The molecule has 0 radical (unpaired) electrons. The Labute approximate surface area is 99.7 Å². The fraction of sp³-hybridized carbons (Fsp3) is 0.500. The van der Waals surface area contributed by atoms with Crippen molar-refractivity contribution in [2.24, 2.45) is 5.92 Å². The van der Waals surface area contributed by atoms with Gasteiger partial charge in [0.2, 0.25) is 0 Å². The minimum atomic E-state index is -0.184. The Balaban J connectivity index is 1.96. The van der Waals surface area contributed by atoms with Gasteiger partial charge in [0, 0.05) is 25.5 Å². The number of fused-ring (bicyclic) bond motifs is 1. The Bertz CT molecular complexity index is 524. The van der Waals surface area contributed by atoms with E-state index in [1.165, 1.54) is 0 Å². The number of anilines is 1. The Morgan fingerprint density at radius 3 is 3.12 bits per heavy atom. The highest BCUT2D eigenvalue weighted by molar-refractivity contribution is 5.68. The molecule has 5 heteroatoms. The van der Waals surface area contributed by atoms with Crippen LogP contribution in [0.4, 0.5) is 5.82 Å². The van der Waals surface area contributed by atoms with Gasteiger partial charge in [-0.3, -0.25) is 0 Å². The normalized spacial score (nSPS) is 25.4. The summed E-state index contributed by atoms with van der Waals surface area (Å²) < 4.78 is 1.83. The second-order valence-electron chi connectivity index (χ2n) is 4.69. The minimum Gasteiger partial charge on any atom is -0.393 e. The molecule has 3 heterocycles. The molecule has 2 aromatic heterocycles. The monoisotopic (exact) mass is 232 g/mol. The van der Waals surface area contributed by atoms with Crippen molar-refractivity contribution in [2.45, 2.75) is 19.4 Å². The summed E-state index contributed by atoms with van der Waals surface area (Å²) in [6.07, 6.45) is 6.02. The van der Waals surface area contributed by atoms with Crippen LogP contribution in [-0.2, 0) is 0 Å². The summed E-state index contributed by atoms with van der Waals surface area (Å²) >= 11 is 0. The molecular formula is C12H16N4O. The first kappa shape index (κ1) is 10.5. The lowest BCUT2D eigenvalue weighted by atomic mass is 9.97. The molecule has 90 valence electrons. The number of piperidine rings is 1. The maximum absolute atomic E-state index is 9.75. The average molecular weight is 232 g/mol. The largest absolute Gasteiger partial charge is 0.393 e. The van der Waals surface area contributed by atoms with Gasteiger partial charge in [0.15, 0.2) is 5.82 Å². The summed E-state index contributed by atoms with van der Waals surface area (Å²) in [5.41, 5.74) is 1.02. The SMILES string of the molecule is CC1CN(c2nccn3nccc23)CCC1O. The molecule has 0 spiro atoms. The number of rotatable bonds is 1. The summed E-state index contributed by atoms with van der Waals surface area (Å²) in [4.78, 5) is 6.68. The fourth-order valence-electron chi connectivity index (χ4n) is 2.41. The van der Waals surface area contributed by atoms with E-state index in [0.29, 0.717) is 0 Å². The van der Waals surface area contributed by atoms with E-state index in [-0.39, 0.29) is 12.0 Å². The number of aliphatic hydroxyl groups is 1. The standard InChI is InChI=1S/C12H16N4O/c1-9-8-15(6-3-11(9)17)12-10-2-4-14-16(10)7-5-13-12/h2,4-5,7,9,11,17H,3,6,8H2,1H3. The van der Waals surface area contributed by atoms with Gasteiger partial charge in [-0.05, 0) is 18.4 Å². The molecule has 17 heavy (non-hydrogen) atoms. The van der Waals surface area contributed by atoms with E-state index < -0.39 is 0 Å². The van der Waals surface area contributed by atoms with E-state index in [0.717, 1.165) is 30.8 Å². The van der Waals surface area contributed by atoms with Crippen LogP contribution in [0.1, 0.15) is 13.3 Å². The van der Waals surface area contributed by atoms with Crippen molar-refractivity contribution >= 4 is 11.3 Å². The van der Waals surface area contributed by atoms with Crippen LogP contribution < -0.4 is 4.90 Å². The van der Waals surface area contributed by atoms with Gasteiger partial charge >= 0.3 is 0 Å². The van der Waals surface area contributed by atoms with Crippen LogP contribution >= 0.6 is 0 Å². The number of aromatic nitrogens is 3. The number of nitrogens with zero attached hydrogens (tertiary/aromatic N) is 4. The molecule has 1 saturated heterocycles. The quantitative estimate of drug-likeness (QED) is 0.795. The van der Waals surface area contributed by atoms with Gasteiger partial charge in [-0.25, -0.2) is 9.50 Å². The third-order valence-electron chi connectivity index (χ3n) is 3.46. The summed E-state index contributed by atoms with van der Waals surface area (Å²) in [5.74, 6) is 1.25. The van der Waals surface area contributed by atoms with E-state index in [4.69, 9.17) is 0 Å². The van der Waals surface area contributed by atoms with Gasteiger partial charge in [-0.2, -0.15) is 5.10 Å². The predicted molar refractivity (Wildman–Crippen MR) is 65.0 cm³/mol. The first-order chi connectivity index (χ1) is 8.25. The Morgan fingerprint density at radius 1 is 1.41 bits per heavy atom. The van der Waals surface area contributed by atoms with Crippen molar-refractivity contribution in [3.05, 3.63) is 24.7 Å². The smallest absolute Gasteiger partial charge is 0.154 e. The second-order valence-corrected chi connectivity index (χ2v) is 4.69. The van der Waals surface area contributed by atoms with Crippen molar-refractivity contribution < 1.29 is 5.11 Å². The molecule has 2 atom stereocenters. The van der Waals surface area contributed by atoms with Crippen LogP contribution in [0.5, 0.6) is 0 Å². The molecule has 1 N–H and O–H groups in total. The first-order valence-electron chi connectivity index (χ1n) is 5.97. The van der Waals surface area contributed by atoms with Crippen molar-refractivity contribution in [3.63, 3.8) is 0 Å². The second kappa shape index (κ2) is 4.00. The van der Waals surface area contributed by atoms with Crippen LogP contribution in [0.15, 0.2) is 24.7 Å². The molecule has 1 aliphatic rings. The Hall–Kier alpha value is -1.62. The van der Waals surface area contributed by atoms with Crippen LogP contribution in [-0.4, -0.2) is 38.9 Å². The molecule has 0 aliphatic carbocycles. The third-order valence-corrected chi connectivity index (χ3v) is 3.46. The molecule has 1 aliphatic heterocycles. The fourth-order valence-corrected chi connectivity index (χ4v) is 2.41. The lowest BCUT2D eigenvalue weighted by molar-refractivity contribution is 0.0969. The zero-order valence-electron chi connectivity index (χ0n) is 9.82. The average Bonchev–Trinajstić information content (AvgIpc) is 2.80. The van der Waals surface area contributed by atoms with Crippen molar-refractivity contribution in [1.82, 2.24) is 14.6 Å². The number of hydrogen-bond acceptors (Lipinski definition) is 4. The van der Waals surface area contributed by atoms with E-state index in [2.05, 4.69) is 21.9 Å². The molecule has 2 unspecified atom stereocenters. The van der Waals surface area contributed by atoms with Gasteiger partial charge in [0.1, 0.15) is 5.52 Å². The Kier molecular flexibility index (Phi) is 2.48. The predicted octanol–water partition coefficient (Wildman–Crippen LogP) is 0.936. The van der Waals surface area contributed by atoms with Crippen LogP contribution in [0.25, 0.3) is 5.52 Å². The molecular weight excluding hydrogens is 216 g/mol. The lowest BCUT2D eigenvalue weighted by Gasteiger charge is -2.35. The summed E-state index contributed by atoms with van der Waals surface area (Å²) in [5, 5.41) is 14.0. The highest BCUT2D eigenvalue weighted by Gasteiger charge is 2.25. The molecule has 0 bridgehead atoms. The Morgan fingerprint density at radius 2 is 2.29 bits per heavy atom. The van der Waals surface area contributed by atoms with Gasteiger partial charge < -0.3 is 10.0 Å². The maximum atomic E-state index is 9.75. The van der Waals surface area contributed by atoms with Crippen molar-refractivity contribution in [3.8, 4) is 0 Å². The van der Waals surface area contributed by atoms with Crippen LogP contribution in [0.3, 0.4) is 0 Å². The highest BCUT2D eigenvalue weighted by Crippen LogP contribution is 2.24. The lowest BCUT2D eigenvalue weighted by Crippen LogP contribution is -2.42. The van der Waals surface area contributed by atoms with Gasteiger partial charge in [0.05, 0.1) is 12.3 Å². The van der Waals surface area contributed by atoms with E-state index >= 15 is 0 Å². The molecule has 0 aromatic carbocycles. The maximum Gasteiger partial charge on any atom is 0.154 e. The number of hydrogen-bond donors (Lipinski definition) is 1. The molecule has 3 rings (SSSR count). The van der Waals surface area contributed by atoms with E-state index in [1.807, 2.05) is 16.8 Å². The van der Waals surface area contributed by atoms with Crippen LogP contribution in [0, 0.1) is 5.92 Å². The summed E-state index contributed by atoms with van der Waals surface area (Å²) in [6.45, 7) is 3.77. The molecule has 5 nitrogen and oxygen atoms in total. The summed E-state index contributed by atoms with van der Waals surface area (Å²) in [6, 6.07) is 1.97. The molecule has 0 saturated carbocycles. The highest BCUT2D eigenvalue weighted by atomic mass is 16.3. The van der Waals surface area contributed by atoms with E-state index in [1.54, 1.807) is 12.4 Å². The first-order valence-corrected chi connectivity index (χ1v) is 5.97. The summed E-state index contributed by atoms with van der Waals surface area (Å²) in [7, 11) is 0. The zero-order valence-corrected chi connectivity index (χ0v) is 9.82. The number of aliphatic hydroxyl groups excluding tert-OH is 1. The van der Waals surface area contributed by atoms with E-state index in [9.17, 15) is 5.11 Å². The van der Waals surface area contributed by atoms with Crippen molar-refractivity contribution in [1.29, 1.82) is 0 Å². The van der Waals surface area contributed by atoms with Gasteiger partial charge in [0.25, 0.3) is 0 Å². The topological polar surface area (TPSA) is 53.7 Å². The van der Waals surface area contributed by atoms with Gasteiger partial charge in [-0.1, -0.05) is 6.92 Å². The van der Waals surface area contributed by atoms with Gasteiger partial charge in [-0.15, -0.1) is 0 Å². The minimum absolute atomic E-state index is 0.184. The molecule has 1 fully saturated rings. The van der Waals surface area contributed by atoms with Crippen LogP contribution in [0.2, 0.25) is 0 Å². The zero-order chi connectivity index (χ0) is 11.8. The van der Waals surface area contributed by atoms with Crippen molar-refractivity contribution in [2.75, 3.05) is 18.0 Å². The third kappa shape index (κ3) is 1.76. The molecule has 2 aromatic rings.